The fourth-order valence-electron chi connectivity index (χ4n) is 3.16. The lowest BCUT2D eigenvalue weighted by Crippen LogP contribution is -2.00. The maximum absolute atomic E-state index is 11.8. The van der Waals surface area contributed by atoms with Gasteiger partial charge in [0, 0.05) is 12.0 Å². The van der Waals surface area contributed by atoms with Crippen LogP contribution in [0.2, 0.25) is 0 Å². The first-order valence-corrected chi connectivity index (χ1v) is 10.7. The van der Waals surface area contributed by atoms with Crippen LogP contribution in [-0.2, 0) is 17.8 Å². The van der Waals surface area contributed by atoms with Gasteiger partial charge in [0.25, 0.3) is 0 Å². The molecule has 0 unspecified atom stereocenters. The number of benzene rings is 3. The van der Waals surface area contributed by atoms with Gasteiger partial charge in [-0.2, -0.15) is 0 Å². The Labute approximate surface area is 184 Å². The fraction of sp³-hybridized carbons (Fsp3) is 0.125. The molecule has 156 valence electrons. The SMILES string of the molecule is CCc1nc(S/C(=C\c2ccccc2OCc2cccc3ccccc23)C(=O)O)n[nH]1. The van der Waals surface area contributed by atoms with Gasteiger partial charge in [0.1, 0.15) is 23.1 Å². The molecule has 0 radical (unpaired) electrons. The molecule has 0 aliphatic carbocycles. The zero-order chi connectivity index (χ0) is 21.6. The molecule has 1 heterocycles. The number of hydrogen-bond donors (Lipinski definition) is 2. The molecule has 31 heavy (non-hydrogen) atoms. The van der Waals surface area contributed by atoms with Crippen molar-refractivity contribution in [1.82, 2.24) is 15.2 Å². The van der Waals surface area contributed by atoms with Crippen LogP contribution < -0.4 is 4.74 Å². The Morgan fingerprint density at radius 2 is 1.87 bits per heavy atom. The van der Waals surface area contributed by atoms with Crippen LogP contribution in [0.3, 0.4) is 0 Å². The van der Waals surface area contributed by atoms with Crippen molar-refractivity contribution in [1.29, 1.82) is 0 Å². The summed E-state index contributed by atoms with van der Waals surface area (Å²) in [4.78, 5) is 16.2. The maximum Gasteiger partial charge on any atom is 0.342 e. The Morgan fingerprint density at radius 1 is 1.10 bits per heavy atom. The third-order valence-electron chi connectivity index (χ3n) is 4.73. The molecule has 2 N–H and O–H groups in total. The van der Waals surface area contributed by atoms with Crippen molar-refractivity contribution >= 4 is 34.6 Å². The lowest BCUT2D eigenvalue weighted by molar-refractivity contribution is -0.131. The van der Waals surface area contributed by atoms with E-state index in [1.165, 1.54) is 0 Å². The van der Waals surface area contributed by atoms with Crippen LogP contribution in [0.15, 0.2) is 76.8 Å². The van der Waals surface area contributed by atoms with E-state index in [1.807, 2.05) is 55.5 Å². The number of nitrogens with zero attached hydrogens (tertiary/aromatic N) is 2. The number of aromatic amines is 1. The Hall–Kier alpha value is -3.58. The number of aryl methyl sites for hydroxylation is 1. The topological polar surface area (TPSA) is 88.1 Å². The highest BCUT2D eigenvalue weighted by molar-refractivity contribution is 8.04. The molecule has 0 saturated carbocycles. The molecular formula is C24H21N3O3S. The van der Waals surface area contributed by atoms with Crippen molar-refractivity contribution in [2.45, 2.75) is 25.1 Å². The third-order valence-corrected chi connectivity index (χ3v) is 5.60. The predicted molar refractivity (Wildman–Crippen MR) is 122 cm³/mol. The summed E-state index contributed by atoms with van der Waals surface area (Å²) in [6.45, 7) is 2.33. The number of ether oxygens (including phenoxy) is 1. The number of nitrogens with one attached hydrogen (secondary N) is 1. The minimum Gasteiger partial charge on any atom is -0.488 e. The quantitative estimate of drug-likeness (QED) is 0.290. The van der Waals surface area contributed by atoms with E-state index in [2.05, 4.69) is 33.4 Å². The summed E-state index contributed by atoms with van der Waals surface area (Å²) in [5, 5.41) is 19.2. The smallest absolute Gasteiger partial charge is 0.342 e. The lowest BCUT2D eigenvalue weighted by Gasteiger charge is -2.12. The second-order valence-corrected chi connectivity index (χ2v) is 7.81. The molecule has 0 amide bonds. The fourth-order valence-corrected chi connectivity index (χ4v) is 3.88. The normalized spacial score (nSPS) is 11.6. The lowest BCUT2D eigenvalue weighted by atomic mass is 10.1. The molecule has 4 aromatic rings. The molecule has 1 aromatic heterocycles. The summed E-state index contributed by atoms with van der Waals surface area (Å²) in [5.74, 6) is 0.279. The molecule has 6 nitrogen and oxygen atoms in total. The molecule has 0 aliphatic rings. The number of fused-ring (bicyclic) bond motifs is 1. The average molecular weight is 432 g/mol. The number of thioether (sulfide) groups is 1. The van der Waals surface area contributed by atoms with Gasteiger partial charge in [0.2, 0.25) is 5.16 Å². The van der Waals surface area contributed by atoms with Gasteiger partial charge in [-0.1, -0.05) is 67.6 Å². The Balaban J connectivity index is 1.58. The number of para-hydroxylation sites is 1. The van der Waals surface area contributed by atoms with Gasteiger partial charge >= 0.3 is 5.97 Å². The minimum absolute atomic E-state index is 0.114. The Morgan fingerprint density at radius 3 is 2.68 bits per heavy atom. The van der Waals surface area contributed by atoms with Crippen molar-refractivity contribution in [3.8, 4) is 5.75 Å². The molecule has 4 rings (SSSR count). The van der Waals surface area contributed by atoms with Crippen LogP contribution >= 0.6 is 11.8 Å². The van der Waals surface area contributed by atoms with Crippen LogP contribution in [0.25, 0.3) is 16.8 Å². The second-order valence-electron chi connectivity index (χ2n) is 6.80. The van der Waals surface area contributed by atoms with Gasteiger partial charge in [-0.3, -0.25) is 5.10 Å². The van der Waals surface area contributed by atoms with E-state index in [0.29, 0.717) is 35.3 Å². The third kappa shape index (κ3) is 4.95. The van der Waals surface area contributed by atoms with Crippen molar-refractivity contribution in [3.05, 3.63) is 88.6 Å². The second kappa shape index (κ2) is 9.49. The highest BCUT2D eigenvalue weighted by atomic mass is 32.2. The number of carbonyl (C=O) groups is 1. The summed E-state index contributed by atoms with van der Waals surface area (Å²) >= 11 is 1.01. The first kappa shape index (κ1) is 20.7. The van der Waals surface area contributed by atoms with E-state index in [9.17, 15) is 9.90 Å². The zero-order valence-electron chi connectivity index (χ0n) is 16.9. The van der Waals surface area contributed by atoms with Crippen LogP contribution in [0.4, 0.5) is 0 Å². The van der Waals surface area contributed by atoms with Crippen LogP contribution in [0, 0.1) is 0 Å². The number of aliphatic carboxylic acids is 1. The number of H-pyrrole nitrogens is 1. The number of rotatable bonds is 8. The van der Waals surface area contributed by atoms with Gasteiger partial charge in [-0.05, 0) is 40.2 Å². The van der Waals surface area contributed by atoms with Crippen molar-refractivity contribution in [3.63, 3.8) is 0 Å². The average Bonchev–Trinajstić information content (AvgIpc) is 3.25. The first-order chi connectivity index (χ1) is 15.1. The van der Waals surface area contributed by atoms with Crippen molar-refractivity contribution in [2.24, 2.45) is 0 Å². The molecule has 0 fully saturated rings. The van der Waals surface area contributed by atoms with Crippen LogP contribution in [0.5, 0.6) is 5.75 Å². The van der Waals surface area contributed by atoms with Gasteiger partial charge in [-0.15, -0.1) is 5.10 Å². The first-order valence-electron chi connectivity index (χ1n) is 9.86. The monoisotopic (exact) mass is 431 g/mol. The molecule has 0 spiro atoms. The maximum atomic E-state index is 11.8. The minimum atomic E-state index is -1.04. The summed E-state index contributed by atoms with van der Waals surface area (Å²) in [5.41, 5.74) is 1.75. The van der Waals surface area contributed by atoms with E-state index in [0.717, 1.165) is 28.1 Å². The highest BCUT2D eigenvalue weighted by Crippen LogP contribution is 2.30. The molecular weight excluding hydrogens is 410 g/mol. The van der Waals surface area contributed by atoms with E-state index in [1.54, 1.807) is 6.08 Å². The summed E-state index contributed by atoms with van der Waals surface area (Å²) < 4.78 is 6.10. The van der Waals surface area contributed by atoms with Crippen LogP contribution in [-0.4, -0.2) is 26.3 Å². The van der Waals surface area contributed by atoms with Gasteiger partial charge in [-0.25, -0.2) is 9.78 Å². The summed E-state index contributed by atoms with van der Waals surface area (Å²) in [6, 6.07) is 21.6. The Bertz CT molecular complexity index is 1240. The van der Waals surface area contributed by atoms with Crippen molar-refractivity contribution in [2.75, 3.05) is 0 Å². The molecule has 0 bridgehead atoms. The van der Waals surface area contributed by atoms with Gasteiger partial charge in [0.05, 0.1) is 0 Å². The predicted octanol–water partition coefficient (Wildman–Crippen LogP) is 5.32. The molecule has 0 saturated heterocycles. The number of carboxylic acid groups (broad SMARTS) is 1. The van der Waals surface area contributed by atoms with E-state index in [4.69, 9.17) is 4.74 Å². The molecule has 3 aromatic carbocycles. The van der Waals surface area contributed by atoms with Gasteiger partial charge < -0.3 is 9.84 Å². The van der Waals surface area contributed by atoms with E-state index >= 15 is 0 Å². The number of carboxylic acids is 1. The standard InChI is InChI=1S/C24H21N3O3S/c1-2-22-25-24(27-26-22)31-21(23(28)29)14-17-9-4-6-13-20(17)30-15-18-11-7-10-16-8-3-5-12-19(16)18/h3-14H,2,15H2,1H3,(H,28,29)(H,25,26,27)/b21-14-. The van der Waals surface area contributed by atoms with Gasteiger partial charge in [0.15, 0.2) is 0 Å². The number of aromatic nitrogens is 3. The largest absolute Gasteiger partial charge is 0.488 e. The summed E-state index contributed by atoms with van der Waals surface area (Å²) in [7, 11) is 0. The van der Waals surface area contributed by atoms with E-state index < -0.39 is 5.97 Å². The highest BCUT2D eigenvalue weighted by Gasteiger charge is 2.15. The Kier molecular flexibility index (Phi) is 6.33. The molecule has 7 heteroatoms. The molecule has 0 atom stereocenters. The van der Waals surface area contributed by atoms with Crippen LogP contribution in [0.1, 0.15) is 23.9 Å². The zero-order valence-corrected chi connectivity index (χ0v) is 17.7. The summed E-state index contributed by atoms with van der Waals surface area (Å²) in [6.07, 6.45) is 2.29. The molecule has 0 aliphatic heterocycles. The number of hydrogen-bond acceptors (Lipinski definition) is 5. The van der Waals surface area contributed by atoms with E-state index in [-0.39, 0.29) is 4.91 Å². The van der Waals surface area contributed by atoms with Crippen molar-refractivity contribution < 1.29 is 14.6 Å².